The van der Waals surface area contributed by atoms with Gasteiger partial charge in [0.15, 0.2) is 0 Å². The highest BCUT2D eigenvalue weighted by Crippen LogP contribution is 2.18. The number of aromatic nitrogens is 3. The number of benzene rings is 1. The van der Waals surface area contributed by atoms with Gasteiger partial charge in [0.2, 0.25) is 0 Å². The summed E-state index contributed by atoms with van der Waals surface area (Å²) in [6.45, 7) is 0.604. The van der Waals surface area contributed by atoms with Gasteiger partial charge in [0, 0.05) is 18.9 Å². The average Bonchev–Trinajstić information content (AvgIpc) is 2.86. The number of nitrogens with zero attached hydrogens (tertiary/aromatic N) is 4. The molecule has 0 saturated heterocycles. The Morgan fingerprint density at radius 3 is 2.95 bits per heavy atom. The summed E-state index contributed by atoms with van der Waals surface area (Å²) in [6, 6.07) is 14.0. The Labute approximate surface area is 122 Å². The lowest BCUT2D eigenvalue weighted by Crippen LogP contribution is -2.06. The van der Waals surface area contributed by atoms with Crippen LogP contribution in [0.2, 0.25) is 0 Å². The lowest BCUT2D eigenvalue weighted by atomic mass is 10.3. The number of imidazole rings is 1. The molecular formula is C16H15N5. The van der Waals surface area contributed by atoms with Gasteiger partial charge < -0.3 is 9.88 Å². The van der Waals surface area contributed by atoms with E-state index >= 15 is 0 Å². The fraction of sp³-hybridized carbons (Fsp3) is 0.188. The Balaban J connectivity index is 2.06. The first-order valence-electron chi connectivity index (χ1n) is 6.75. The molecule has 0 amide bonds. The van der Waals surface area contributed by atoms with Crippen LogP contribution in [-0.2, 0) is 13.0 Å². The van der Waals surface area contributed by atoms with E-state index < -0.39 is 0 Å². The van der Waals surface area contributed by atoms with Crippen LogP contribution in [0.3, 0.4) is 0 Å². The molecule has 3 aromatic rings. The van der Waals surface area contributed by atoms with Gasteiger partial charge in [-0.05, 0) is 24.3 Å². The summed E-state index contributed by atoms with van der Waals surface area (Å²) < 4.78 is 2.06. The van der Waals surface area contributed by atoms with Gasteiger partial charge in [-0.3, -0.25) is 4.98 Å². The van der Waals surface area contributed by atoms with Crippen LogP contribution in [0.5, 0.6) is 0 Å². The molecule has 0 unspecified atom stereocenters. The zero-order valence-corrected chi connectivity index (χ0v) is 11.7. The van der Waals surface area contributed by atoms with Gasteiger partial charge in [-0.1, -0.05) is 12.1 Å². The largest absolute Gasteiger partial charge is 0.388 e. The highest BCUT2D eigenvalue weighted by atomic mass is 15.1. The van der Waals surface area contributed by atoms with Crippen molar-refractivity contribution in [2.75, 3.05) is 12.4 Å². The number of anilines is 1. The summed E-state index contributed by atoms with van der Waals surface area (Å²) in [5.41, 5.74) is 3.89. The predicted octanol–water partition coefficient (Wildman–Crippen LogP) is 2.59. The number of nitrogens with one attached hydrogen (secondary N) is 1. The normalized spacial score (nSPS) is 10.5. The lowest BCUT2D eigenvalue weighted by molar-refractivity contribution is 0.751. The van der Waals surface area contributed by atoms with Gasteiger partial charge in [-0.2, -0.15) is 5.26 Å². The van der Waals surface area contributed by atoms with Crippen molar-refractivity contribution >= 4 is 16.7 Å². The number of pyridine rings is 1. The van der Waals surface area contributed by atoms with Crippen LogP contribution in [0.15, 0.2) is 42.6 Å². The van der Waals surface area contributed by atoms with Gasteiger partial charge in [-0.25, -0.2) is 4.98 Å². The second-order valence-electron chi connectivity index (χ2n) is 4.72. The van der Waals surface area contributed by atoms with Gasteiger partial charge in [-0.15, -0.1) is 0 Å². The molecule has 0 saturated carbocycles. The highest BCUT2D eigenvalue weighted by molar-refractivity contribution is 5.76. The Morgan fingerprint density at radius 2 is 2.14 bits per heavy atom. The maximum Gasteiger partial charge on any atom is 0.124 e. The molecule has 21 heavy (non-hydrogen) atoms. The molecule has 5 heteroatoms. The van der Waals surface area contributed by atoms with Crippen LogP contribution in [0.1, 0.15) is 11.5 Å². The van der Waals surface area contributed by atoms with Crippen LogP contribution >= 0.6 is 0 Å². The quantitative estimate of drug-likeness (QED) is 0.796. The van der Waals surface area contributed by atoms with E-state index in [0.29, 0.717) is 13.0 Å². The Bertz CT molecular complexity index is 813. The van der Waals surface area contributed by atoms with Crippen LogP contribution in [0.4, 0.5) is 5.69 Å². The van der Waals surface area contributed by atoms with Crippen molar-refractivity contribution in [1.82, 2.24) is 14.5 Å². The fourth-order valence-corrected chi connectivity index (χ4v) is 2.39. The van der Waals surface area contributed by atoms with Crippen LogP contribution < -0.4 is 5.32 Å². The second-order valence-corrected chi connectivity index (χ2v) is 4.72. The number of fused-ring (bicyclic) bond motifs is 1. The van der Waals surface area contributed by atoms with E-state index in [1.807, 2.05) is 43.4 Å². The summed E-state index contributed by atoms with van der Waals surface area (Å²) in [5, 5.41) is 12.1. The third kappa shape index (κ3) is 2.56. The fourth-order valence-electron chi connectivity index (χ4n) is 2.39. The van der Waals surface area contributed by atoms with Crippen molar-refractivity contribution in [3.05, 3.63) is 54.1 Å². The molecule has 0 fully saturated rings. The smallest absolute Gasteiger partial charge is 0.124 e. The highest BCUT2D eigenvalue weighted by Gasteiger charge is 2.11. The van der Waals surface area contributed by atoms with Crippen molar-refractivity contribution in [3.8, 4) is 6.07 Å². The first-order chi connectivity index (χ1) is 10.3. The number of para-hydroxylation sites is 2. The van der Waals surface area contributed by atoms with Crippen LogP contribution in [0.25, 0.3) is 11.0 Å². The summed E-state index contributed by atoms with van der Waals surface area (Å²) in [7, 11) is 1.88. The lowest BCUT2D eigenvalue weighted by Gasteiger charge is -2.08. The third-order valence-electron chi connectivity index (χ3n) is 3.40. The minimum atomic E-state index is 0.292. The van der Waals surface area contributed by atoms with E-state index in [1.54, 1.807) is 6.20 Å². The zero-order valence-electron chi connectivity index (χ0n) is 11.7. The van der Waals surface area contributed by atoms with Crippen molar-refractivity contribution < 1.29 is 0 Å². The van der Waals surface area contributed by atoms with E-state index in [9.17, 15) is 0 Å². The second kappa shape index (κ2) is 5.63. The molecule has 0 atom stereocenters. The van der Waals surface area contributed by atoms with Gasteiger partial charge >= 0.3 is 0 Å². The molecule has 1 N–H and O–H groups in total. The minimum absolute atomic E-state index is 0.292. The SMILES string of the molecule is CNc1ccnc(Cn2c(CC#N)nc3ccccc32)c1. The molecule has 3 rings (SSSR count). The third-order valence-corrected chi connectivity index (χ3v) is 3.40. The van der Waals surface area contributed by atoms with Crippen LogP contribution in [0, 0.1) is 11.3 Å². The molecule has 5 nitrogen and oxygen atoms in total. The van der Waals surface area contributed by atoms with E-state index in [0.717, 1.165) is 28.2 Å². The standard InChI is InChI=1S/C16H15N5/c1-18-12-7-9-19-13(10-12)11-21-15-5-3-2-4-14(15)20-16(21)6-8-17/h2-5,7,9-10H,6,11H2,1H3,(H,18,19). The molecule has 104 valence electrons. The molecular weight excluding hydrogens is 262 g/mol. The monoisotopic (exact) mass is 277 g/mol. The molecule has 2 aromatic heterocycles. The van der Waals surface area contributed by atoms with Crippen molar-refractivity contribution in [2.45, 2.75) is 13.0 Å². The number of rotatable bonds is 4. The predicted molar refractivity (Wildman–Crippen MR) is 81.9 cm³/mol. The van der Waals surface area contributed by atoms with Crippen molar-refractivity contribution in [3.63, 3.8) is 0 Å². The Hall–Kier alpha value is -2.87. The molecule has 0 aliphatic rings. The molecule has 1 aromatic carbocycles. The number of nitriles is 1. The summed E-state index contributed by atoms with van der Waals surface area (Å²) in [4.78, 5) is 8.94. The van der Waals surface area contributed by atoms with E-state index in [4.69, 9.17) is 5.26 Å². The molecule has 2 heterocycles. The van der Waals surface area contributed by atoms with Gasteiger partial charge in [0.1, 0.15) is 5.82 Å². The van der Waals surface area contributed by atoms with Crippen molar-refractivity contribution in [2.24, 2.45) is 0 Å². The molecule has 0 radical (unpaired) electrons. The van der Waals surface area contributed by atoms with Crippen molar-refractivity contribution in [1.29, 1.82) is 5.26 Å². The van der Waals surface area contributed by atoms with Crippen LogP contribution in [-0.4, -0.2) is 21.6 Å². The van der Waals surface area contributed by atoms with E-state index in [2.05, 4.69) is 25.9 Å². The summed E-state index contributed by atoms with van der Waals surface area (Å²) >= 11 is 0. The zero-order chi connectivity index (χ0) is 14.7. The first-order valence-corrected chi connectivity index (χ1v) is 6.75. The van der Waals surface area contributed by atoms with Gasteiger partial charge in [0.05, 0.1) is 35.8 Å². The number of hydrogen-bond donors (Lipinski definition) is 1. The molecule has 0 aliphatic heterocycles. The minimum Gasteiger partial charge on any atom is -0.388 e. The first kappa shape index (κ1) is 13.1. The maximum atomic E-state index is 8.99. The molecule has 0 bridgehead atoms. The summed E-state index contributed by atoms with van der Waals surface area (Å²) in [5.74, 6) is 0.773. The molecule has 0 aliphatic carbocycles. The summed E-state index contributed by atoms with van der Waals surface area (Å²) in [6.07, 6.45) is 2.07. The Morgan fingerprint density at radius 1 is 1.29 bits per heavy atom. The maximum absolute atomic E-state index is 8.99. The Kier molecular flexibility index (Phi) is 3.52. The van der Waals surface area contributed by atoms with Gasteiger partial charge in [0.25, 0.3) is 0 Å². The average molecular weight is 277 g/mol. The molecule has 0 spiro atoms. The number of hydrogen-bond acceptors (Lipinski definition) is 4. The topological polar surface area (TPSA) is 66.5 Å². The van der Waals surface area contributed by atoms with E-state index in [1.165, 1.54) is 0 Å². The van der Waals surface area contributed by atoms with E-state index in [-0.39, 0.29) is 0 Å².